The van der Waals surface area contributed by atoms with E-state index < -0.39 is 17.3 Å². The Morgan fingerprint density at radius 3 is 2.84 bits per heavy atom. The van der Waals surface area contributed by atoms with Crippen molar-refractivity contribution in [1.29, 1.82) is 0 Å². The summed E-state index contributed by atoms with van der Waals surface area (Å²) in [6.45, 7) is 2.34. The number of fused-ring (bicyclic) bond motifs is 1. The number of hydrogen-bond acceptors (Lipinski definition) is 4. The Labute approximate surface area is 151 Å². The number of halogens is 2. The second-order valence-electron chi connectivity index (χ2n) is 5.40. The van der Waals surface area contributed by atoms with Crippen LogP contribution in [0.15, 0.2) is 34.4 Å². The number of aryl methyl sites for hydroxylation is 1. The summed E-state index contributed by atoms with van der Waals surface area (Å²) in [5.41, 5.74) is -0.0981. The molecule has 0 aliphatic heterocycles. The molecule has 0 radical (unpaired) electrons. The number of aromatic nitrogens is 1. The molecule has 0 unspecified atom stereocenters. The van der Waals surface area contributed by atoms with Crippen molar-refractivity contribution in [2.75, 3.05) is 5.32 Å². The number of benzene rings is 1. The molecule has 3 aromatic rings. The molecule has 0 aliphatic carbocycles. The number of hydrogen-bond donors (Lipinski definition) is 2. The summed E-state index contributed by atoms with van der Waals surface area (Å²) in [4.78, 5) is 25.3. The standard InChI is InChI=1S/C17H14ClFN2O3S/c1-2-6-21-12-5-7-25-15(12)14(22)13(17(21)24)16(23)20-9-3-4-11(19)10(18)8-9/h3-5,7-8,22H,2,6H2,1H3,(H,20,23). The smallest absolute Gasteiger partial charge is 0.267 e. The van der Waals surface area contributed by atoms with Crippen LogP contribution in [0.3, 0.4) is 0 Å². The van der Waals surface area contributed by atoms with Crippen LogP contribution in [0.2, 0.25) is 5.02 Å². The molecule has 2 N–H and O–H groups in total. The van der Waals surface area contributed by atoms with Crippen molar-refractivity contribution in [3.8, 4) is 5.75 Å². The number of carbonyl (C=O) groups excluding carboxylic acids is 1. The molecule has 2 aromatic heterocycles. The third kappa shape index (κ3) is 3.12. The first-order valence-electron chi connectivity index (χ1n) is 7.53. The van der Waals surface area contributed by atoms with E-state index in [9.17, 15) is 19.1 Å². The van der Waals surface area contributed by atoms with E-state index >= 15 is 0 Å². The van der Waals surface area contributed by atoms with E-state index in [2.05, 4.69) is 5.32 Å². The molecule has 2 heterocycles. The molecule has 25 heavy (non-hydrogen) atoms. The van der Waals surface area contributed by atoms with E-state index in [0.717, 1.165) is 6.07 Å². The summed E-state index contributed by atoms with van der Waals surface area (Å²) in [5.74, 6) is -1.74. The van der Waals surface area contributed by atoms with Gasteiger partial charge in [-0.25, -0.2) is 4.39 Å². The zero-order valence-electron chi connectivity index (χ0n) is 13.2. The predicted molar refractivity (Wildman–Crippen MR) is 97.4 cm³/mol. The summed E-state index contributed by atoms with van der Waals surface area (Å²) in [6.07, 6.45) is 0.699. The van der Waals surface area contributed by atoms with E-state index in [1.807, 2.05) is 6.92 Å². The third-order valence-electron chi connectivity index (χ3n) is 3.70. The fourth-order valence-corrected chi connectivity index (χ4v) is 3.60. The van der Waals surface area contributed by atoms with Crippen LogP contribution < -0.4 is 10.9 Å². The predicted octanol–water partition coefficient (Wildman–Crippen LogP) is 4.22. The van der Waals surface area contributed by atoms with E-state index in [0.29, 0.717) is 23.2 Å². The molecule has 0 aliphatic rings. The first kappa shape index (κ1) is 17.4. The Morgan fingerprint density at radius 2 is 2.16 bits per heavy atom. The number of amides is 1. The average molecular weight is 381 g/mol. The molecule has 0 bridgehead atoms. The van der Waals surface area contributed by atoms with Gasteiger partial charge in [-0.05, 0) is 36.1 Å². The highest BCUT2D eigenvalue weighted by Gasteiger charge is 2.23. The Balaban J connectivity index is 2.09. The molecular formula is C17H14ClFN2O3S. The maximum atomic E-state index is 13.2. The van der Waals surface area contributed by atoms with Gasteiger partial charge in [-0.3, -0.25) is 9.59 Å². The number of nitrogens with zero attached hydrogens (tertiary/aromatic N) is 1. The second kappa shape index (κ2) is 6.85. The number of nitrogens with one attached hydrogen (secondary N) is 1. The number of pyridine rings is 1. The van der Waals surface area contributed by atoms with Crippen molar-refractivity contribution in [3.63, 3.8) is 0 Å². The SMILES string of the molecule is CCCn1c(=O)c(C(=O)Nc2ccc(F)c(Cl)c2)c(O)c2sccc21. The van der Waals surface area contributed by atoms with Crippen LogP contribution in [-0.2, 0) is 6.54 Å². The van der Waals surface area contributed by atoms with E-state index in [1.54, 1.807) is 11.4 Å². The molecule has 0 fully saturated rings. The van der Waals surface area contributed by atoms with Crippen LogP contribution in [0.1, 0.15) is 23.7 Å². The molecule has 0 atom stereocenters. The minimum atomic E-state index is -0.773. The Morgan fingerprint density at radius 1 is 1.40 bits per heavy atom. The van der Waals surface area contributed by atoms with Crippen LogP contribution in [-0.4, -0.2) is 15.6 Å². The highest BCUT2D eigenvalue weighted by molar-refractivity contribution is 7.17. The number of anilines is 1. The molecular weight excluding hydrogens is 367 g/mol. The normalized spacial score (nSPS) is 11.0. The fourth-order valence-electron chi connectivity index (χ4n) is 2.57. The van der Waals surface area contributed by atoms with Crippen molar-refractivity contribution >= 4 is 44.7 Å². The minimum absolute atomic E-state index is 0.154. The monoisotopic (exact) mass is 380 g/mol. The van der Waals surface area contributed by atoms with Crippen LogP contribution in [0.5, 0.6) is 5.75 Å². The van der Waals surface area contributed by atoms with Gasteiger partial charge < -0.3 is 15.0 Å². The molecule has 1 amide bonds. The van der Waals surface area contributed by atoms with Gasteiger partial charge in [-0.2, -0.15) is 0 Å². The van der Waals surface area contributed by atoms with Crippen LogP contribution >= 0.6 is 22.9 Å². The highest BCUT2D eigenvalue weighted by Crippen LogP contribution is 2.31. The van der Waals surface area contributed by atoms with Crippen molar-refractivity contribution in [2.24, 2.45) is 0 Å². The number of thiophene rings is 1. The lowest BCUT2D eigenvalue weighted by atomic mass is 10.2. The van der Waals surface area contributed by atoms with Gasteiger partial charge in [0.1, 0.15) is 11.4 Å². The molecule has 5 nitrogen and oxygen atoms in total. The summed E-state index contributed by atoms with van der Waals surface area (Å²) in [5, 5.41) is 14.5. The molecule has 8 heteroatoms. The van der Waals surface area contributed by atoms with Gasteiger partial charge in [0, 0.05) is 12.2 Å². The van der Waals surface area contributed by atoms with Gasteiger partial charge >= 0.3 is 0 Å². The van der Waals surface area contributed by atoms with Crippen molar-refractivity contribution in [1.82, 2.24) is 4.57 Å². The maximum Gasteiger partial charge on any atom is 0.267 e. The highest BCUT2D eigenvalue weighted by atomic mass is 35.5. The lowest BCUT2D eigenvalue weighted by Crippen LogP contribution is -2.29. The molecule has 0 spiro atoms. The number of carbonyl (C=O) groups is 1. The summed E-state index contributed by atoms with van der Waals surface area (Å²) >= 11 is 6.94. The number of aromatic hydroxyl groups is 1. The summed E-state index contributed by atoms with van der Waals surface area (Å²) < 4.78 is 15.2. The lowest BCUT2D eigenvalue weighted by Gasteiger charge is -2.12. The quantitative estimate of drug-likeness (QED) is 0.711. The van der Waals surface area contributed by atoms with Crippen molar-refractivity contribution in [2.45, 2.75) is 19.9 Å². The Bertz CT molecular complexity index is 1030. The second-order valence-corrected chi connectivity index (χ2v) is 6.72. The van der Waals surface area contributed by atoms with Crippen LogP contribution in [0, 0.1) is 5.82 Å². The zero-order valence-corrected chi connectivity index (χ0v) is 14.7. The third-order valence-corrected chi connectivity index (χ3v) is 4.90. The van der Waals surface area contributed by atoms with Gasteiger partial charge in [-0.15, -0.1) is 11.3 Å². The molecule has 3 rings (SSSR count). The van der Waals surface area contributed by atoms with Crippen LogP contribution in [0.25, 0.3) is 10.2 Å². The van der Waals surface area contributed by atoms with Gasteiger partial charge in [0.05, 0.1) is 15.2 Å². The Hall–Kier alpha value is -2.38. The first-order chi connectivity index (χ1) is 11.9. The number of rotatable bonds is 4. The van der Waals surface area contributed by atoms with Gasteiger partial charge in [0.15, 0.2) is 5.75 Å². The molecule has 130 valence electrons. The van der Waals surface area contributed by atoms with E-state index in [1.165, 1.54) is 28.0 Å². The maximum absolute atomic E-state index is 13.2. The van der Waals surface area contributed by atoms with Crippen molar-refractivity contribution < 1.29 is 14.3 Å². The minimum Gasteiger partial charge on any atom is -0.505 e. The molecule has 1 aromatic carbocycles. The largest absolute Gasteiger partial charge is 0.505 e. The van der Waals surface area contributed by atoms with Gasteiger partial charge in [0.2, 0.25) is 0 Å². The van der Waals surface area contributed by atoms with Crippen molar-refractivity contribution in [3.05, 3.63) is 56.4 Å². The lowest BCUT2D eigenvalue weighted by molar-refractivity contribution is 0.102. The van der Waals surface area contributed by atoms with E-state index in [4.69, 9.17) is 11.6 Å². The fraction of sp³-hybridized carbons (Fsp3) is 0.176. The topological polar surface area (TPSA) is 71.3 Å². The van der Waals surface area contributed by atoms with E-state index in [-0.39, 0.29) is 22.0 Å². The van der Waals surface area contributed by atoms with Crippen LogP contribution in [0.4, 0.5) is 10.1 Å². The summed E-state index contributed by atoms with van der Waals surface area (Å²) in [6, 6.07) is 5.40. The van der Waals surface area contributed by atoms with Gasteiger partial charge in [-0.1, -0.05) is 18.5 Å². The first-order valence-corrected chi connectivity index (χ1v) is 8.79. The summed E-state index contributed by atoms with van der Waals surface area (Å²) in [7, 11) is 0. The average Bonchev–Trinajstić information content (AvgIpc) is 3.05. The molecule has 0 saturated heterocycles. The Kier molecular flexibility index (Phi) is 4.78. The zero-order chi connectivity index (χ0) is 18.1. The van der Waals surface area contributed by atoms with Gasteiger partial charge in [0.25, 0.3) is 11.5 Å². The molecule has 0 saturated carbocycles.